The van der Waals surface area contributed by atoms with Gasteiger partial charge >= 0.3 is 0 Å². The van der Waals surface area contributed by atoms with E-state index in [0.29, 0.717) is 24.4 Å². The molecule has 0 radical (unpaired) electrons. The molecule has 110 valence electrons. The molecule has 1 heterocycles. The van der Waals surface area contributed by atoms with Gasteiger partial charge in [0, 0.05) is 30.7 Å². The zero-order valence-electron chi connectivity index (χ0n) is 11.7. The van der Waals surface area contributed by atoms with Crippen LogP contribution < -0.4 is 0 Å². The number of unbranched alkanes of at least 4 members (excludes halogenated alkanes) is 1. The van der Waals surface area contributed by atoms with Crippen molar-refractivity contribution in [2.75, 3.05) is 0 Å². The number of aromatic nitrogens is 3. The summed E-state index contributed by atoms with van der Waals surface area (Å²) in [7, 11) is 0. The van der Waals surface area contributed by atoms with Crippen molar-refractivity contribution in [1.29, 1.82) is 0 Å². The van der Waals surface area contributed by atoms with Gasteiger partial charge in [-0.25, -0.2) is 4.98 Å². The zero-order valence-corrected chi connectivity index (χ0v) is 11.7. The highest BCUT2D eigenvalue weighted by molar-refractivity contribution is 5.75. The zero-order chi connectivity index (χ0) is 15.2. The lowest BCUT2D eigenvalue weighted by atomic mass is 10.2. The molecule has 0 saturated heterocycles. The second-order valence-corrected chi connectivity index (χ2v) is 4.80. The molecule has 0 amide bonds. The molecule has 0 N–H and O–H groups in total. The highest BCUT2D eigenvalue weighted by Gasteiger charge is 2.10. The molecular formula is C14H16N4O3. The summed E-state index contributed by atoms with van der Waals surface area (Å²) >= 11 is 0. The minimum atomic E-state index is -0.442. The summed E-state index contributed by atoms with van der Waals surface area (Å²) in [5.74, 6) is 0.649. The number of nitro benzene ring substituents is 1. The molecule has 0 fully saturated rings. The van der Waals surface area contributed by atoms with Crippen molar-refractivity contribution >= 4 is 11.5 Å². The maximum Gasteiger partial charge on any atom is 0.270 e. The van der Waals surface area contributed by atoms with Crippen molar-refractivity contribution in [3.8, 4) is 11.4 Å². The van der Waals surface area contributed by atoms with Crippen molar-refractivity contribution in [3.63, 3.8) is 0 Å². The van der Waals surface area contributed by atoms with Gasteiger partial charge in [-0.15, -0.1) is 0 Å². The Hall–Kier alpha value is -2.57. The molecule has 0 aliphatic rings. The molecule has 2 aromatic rings. The smallest absolute Gasteiger partial charge is 0.270 e. The molecule has 0 aliphatic heterocycles. The minimum absolute atomic E-state index is 0.0188. The van der Waals surface area contributed by atoms with E-state index in [-0.39, 0.29) is 11.5 Å². The highest BCUT2D eigenvalue weighted by atomic mass is 16.6. The van der Waals surface area contributed by atoms with Crippen LogP contribution in [0.4, 0.5) is 5.69 Å². The number of hydrogen-bond acceptors (Lipinski definition) is 5. The fraction of sp³-hybridized carbons (Fsp3) is 0.357. The fourth-order valence-electron chi connectivity index (χ4n) is 1.94. The van der Waals surface area contributed by atoms with Crippen LogP contribution in [0, 0.1) is 10.1 Å². The number of benzene rings is 1. The number of Topliss-reactive ketones (excluding diaryl/α,β-unsaturated/α-hetero) is 1. The van der Waals surface area contributed by atoms with Crippen molar-refractivity contribution in [1.82, 2.24) is 14.8 Å². The number of nitro groups is 1. The molecule has 0 atom stereocenters. The Morgan fingerprint density at radius 3 is 2.90 bits per heavy atom. The number of aryl methyl sites for hydroxylation is 1. The normalized spacial score (nSPS) is 10.5. The first-order chi connectivity index (χ1) is 10.1. The molecular weight excluding hydrogens is 272 g/mol. The number of carbonyl (C=O) groups excluding carboxylic acids is 1. The van der Waals surface area contributed by atoms with Gasteiger partial charge in [0.15, 0.2) is 5.82 Å². The summed E-state index contributed by atoms with van der Waals surface area (Å²) < 4.78 is 1.69. The van der Waals surface area contributed by atoms with Crippen molar-refractivity contribution in [2.24, 2.45) is 0 Å². The van der Waals surface area contributed by atoms with Crippen LogP contribution in [-0.2, 0) is 11.3 Å². The molecule has 1 aromatic heterocycles. The molecule has 0 aliphatic carbocycles. The predicted octanol–water partition coefficient (Wildman–Crippen LogP) is 2.61. The van der Waals surface area contributed by atoms with Crippen LogP contribution in [0.3, 0.4) is 0 Å². The summed E-state index contributed by atoms with van der Waals surface area (Å²) in [6, 6.07) is 6.24. The van der Waals surface area contributed by atoms with E-state index in [1.54, 1.807) is 30.1 Å². The van der Waals surface area contributed by atoms with Gasteiger partial charge in [-0.2, -0.15) is 5.10 Å². The summed E-state index contributed by atoms with van der Waals surface area (Å²) in [5.41, 5.74) is 0.636. The van der Waals surface area contributed by atoms with Crippen molar-refractivity contribution in [3.05, 3.63) is 40.7 Å². The first-order valence-corrected chi connectivity index (χ1v) is 6.70. The van der Waals surface area contributed by atoms with Crippen LogP contribution in [0.2, 0.25) is 0 Å². The topological polar surface area (TPSA) is 90.9 Å². The maximum atomic E-state index is 10.8. The van der Waals surface area contributed by atoms with Gasteiger partial charge in [0.25, 0.3) is 5.69 Å². The number of non-ortho nitro benzene ring substituents is 1. The van der Waals surface area contributed by atoms with E-state index in [4.69, 9.17) is 0 Å². The summed E-state index contributed by atoms with van der Waals surface area (Å²) in [6.07, 6.45) is 3.84. The second-order valence-electron chi connectivity index (χ2n) is 4.80. The lowest BCUT2D eigenvalue weighted by Crippen LogP contribution is -2.00. The molecule has 0 spiro atoms. The number of ketones is 1. The molecule has 1 aromatic carbocycles. The van der Waals surface area contributed by atoms with Crippen LogP contribution in [-0.4, -0.2) is 25.5 Å². The van der Waals surface area contributed by atoms with Gasteiger partial charge in [-0.3, -0.25) is 14.8 Å². The van der Waals surface area contributed by atoms with Gasteiger partial charge in [-0.1, -0.05) is 12.1 Å². The van der Waals surface area contributed by atoms with E-state index in [1.807, 2.05) is 0 Å². The molecule has 0 bridgehead atoms. The third kappa shape index (κ3) is 4.20. The Morgan fingerprint density at radius 1 is 1.38 bits per heavy atom. The average Bonchev–Trinajstić information content (AvgIpc) is 2.92. The Labute approximate surface area is 121 Å². The van der Waals surface area contributed by atoms with E-state index >= 15 is 0 Å². The monoisotopic (exact) mass is 288 g/mol. The van der Waals surface area contributed by atoms with Gasteiger partial charge in [-0.05, 0) is 19.8 Å². The molecule has 7 nitrogen and oxygen atoms in total. The van der Waals surface area contributed by atoms with Crippen LogP contribution >= 0.6 is 0 Å². The fourth-order valence-corrected chi connectivity index (χ4v) is 1.94. The molecule has 21 heavy (non-hydrogen) atoms. The number of hydrogen-bond donors (Lipinski definition) is 0. The van der Waals surface area contributed by atoms with E-state index in [1.165, 1.54) is 12.1 Å². The predicted molar refractivity (Wildman–Crippen MR) is 76.6 cm³/mol. The minimum Gasteiger partial charge on any atom is -0.300 e. The molecule has 7 heteroatoms. The summed E-state index contributed by atoms with van der Waals surface area (Å²) in [4.78, 5) is 25.3. The van der Waals surface area contributed by atoms with E-state index in [0.717, 1.165) is 12.8 Å². The molecule has 0 saturated carbocycles. The van der Waals surface area contributed by atoms with E-state index in [9.17, 15) is 14.9 Å². The number of carbonyl (C=O) groups is 1. The Balaban J connectivity index is 2.01. The summed E-state index contributed by atoms with van der Waals surface area (Å²) in [6.45, 7) is 2.26. The quantitative estimate of drug-likeness (QED) is 0.443. The van der Waals surface area contributed by atoms with Crippen LogP contribution in [0.15, 0.2) is 30.6 Å². The highest BCUT2D eigenvalue weighted by Crippen LogP contribution is 2.20. The van der Waals surface area contributed by atoms with Crippen LogP contribution in [0.5, 0.6) is 0 Å². The van der Waals surface area contributed by atoms with Crippen LogP contribution in [0.25, 0.3) is 11.4 Å². The SMILES string of the molecule is CC(=O)CCCCn1cnc(-c2cccc([N+](=O)[O-])c2)n1. The number of nitrogens with zero attached hydrogens (tertiary/aromatic N) is 4. The third-order valence-electron chi connectivity index (χ3n) is 3.02. The maximum absolute atomic E-state index is 10.8. The third-order valence-corrected chi connectivity index (χ3v) is 3.02. The standard InChI is InChI=1S/C14H16N4O3/c1-11(19)5-2-3-8-17-10-15-14(16-17)12-6-4-7-13(9-12)18(20)21/h4,6-7,9-10H,2-3,5,8H2,1H3. The summed E-state index contributed by atoms with van der Waals surface area (Å²) in [5, 5.41) is 15.0. The average molecular weight is 288 g/mol. The lowest BCUT2D eigenvalue weighted by molar-refractivity contribution is -0.384. The molecule has 0 unspecified atom stereocenters. The van der Waals surface area contributed by atoms with Crippen molar-refractivity contribution < 1.29 is 9.72 Å². The first kappa shape index (κ1) is 14.8. The van der Waals surface area contributed by atoms with Gasteiger partial charge in [0.1, 0.15) is 12.1 Å². The Bertz CT molecular complexity index is 651. The number of rotatable bonds is 7. The second kappa shape index (κ2) is 6.74. The van der Waals surface area contributed by atoms with E-state index in [2.05, 4.69) is 10.1 Å². The first-order valence-electron chi connectivity index (χ1n) is 6.70. The largest absolute Gasteiger partial charge is 0.300 e. The molecule has 2 rings (SSSR count). The van der Waals surface area contributed by atoms with Gasteiger partial charge in [0.2, 0.25) is 0 Å². The Morgan fingerprint density at radius 2 is 2.19 bits per heavy atom. The van der Waals surface area contributed by atoms with Crippen LogP contribution in [0.1, 0.15) is 26.2 Å². The van der Waals surface area contributed by atoms with Gasteiger partial charge in [0.05, 0.1) is 4.92 Å². The Kier molecular flexibility index (Phi) is 4.76. The lowest BCUT2D eigenvalue weighted by Gasteiger charge is -1.99. The van der Waals surface area contributed by atoms with E-state index < -0.39 is 4.92 Å². The van der Waals surface area contributed by atoms with Gasteiger partial charge < -0.3 is 4.79 Å². The van der Waals surface area contributed by atoms with Crippen molar-refractivity contribution in [2.45, 2.75) is 32.7 Å².